The second-order valence-corrected chi connectivity index (χ2v) is 5.78. The number of carboxylic acid groups (broad SMARTS) is 1. The van der Waals surface area contributed by atoms with Crippen LogP contribution in [0, 0.1) is 12.3 Å². The number of carbonyl (C=O) groups is 2. The fraction of sp³-hybridized carbons (Fsp3) is 0.600. The highest BCUT2D eigenvalue weighted by molar-refractivity contribution is 7.15. The molecule has 2 N–H and O–H groups in total. The molecule has 0 spiro atoms. The van der Waals surface area contributed by atoms with E-state index in [-0.39, 0.29) is 12.6 Å². The number of aryl methyl sites for hydroxylation is 1. The van der Waals surface area contributed by atoms with Crippen molar-refractivity contribution in [3.8, 4) is 0 Å². The van der Waals surface area contributed by atoms with Crippen LogP contribution >= 0.6 is 11.3 Å². The second kappa shape index (κ2) is 4.52. The summed E-state index contributed by atoms with van der Waals surface area (Å²) in [5.41, 5.74) is -0.853. The summed E-state index contributed by atoms with van der Waals surface area (Å²) in [5.74, 6) is -0.871. The van der Waals surface area contributed by atoms with Crippen molar-refractivity contribution in [2.75, 3.05) is 18.4 Å². The zero-order chi connectivity index (χ0) is 13.3. The van der Waals surface area contributed by atoms with E-state index in [0.29, 0.717) is 18.1 Å². The van der Waals surface area contributed by atoms with Crippen LogP contribution in [0.5, 0.6) is 0 Å². The molecular weight excluding hydrogens is 256 g/mol. The first-order valence-corrected chi connectivity index (χ1v) is 6.32. The Hall–Kier alpha value is -1.70. The molecule has 8 heteroatoms. The van der Waals surface area contributed by atoms with Gasteiger partial charge in [0, 0.05) is 13.1 Å². The Labute approximate surface area is 108 Å². The van der Waals surface area contributed by atoms with E-state index in [4.69, 9.17) is 5.11 Å². The molecule has 0 aliphatic carbocycles. The Morgan fingerprint density at radius 3 is 2.72 bits per heavy atom. The van der Waals surface area contributed by atoms with Crippen LogP contribution < -0.4 is 5.32 Å². The lowest BCUT2D eigenvalue weighted by molar-refractivity contribution is -0.146. The molecule has 0 bridgehead atoms. The van der Waals surface area contributed by atoms with E-state index < -0.39 is 11.4 Å². The maximum absolute atomic E-state index is 11.9. The summed E-state index contributed by atoms with van der Waals surface area (Å²) in [7, 11) is 0. The number of carbonyl (C=O) groups excluding carboxylic acids is 1. The smallest absolute Gasteiger partial charge is 0.323 e. The molecule has 1 aromatic heterocycles. The minimum absolute atomic E-state index is 0.214. The molecule has 1 aliphatic heterocycles. The second-order valence-electron chi connectivity index (χ2n) is 4.59. The van der Waals surface area contributed by atoms with Crippen molar-refractivity contribution in [3.63, 3.8) is 0 Å². The lowest BCUT2D eigenvalue weighted by Crippen LogP contribution is -2.37. The standard InChI is InChI=1S/C10H14N4O3S/c1-6-12-13-8(18-6)11-9(17)14-4-3-10(2,5-14)7(15)16/h3-5H2,1-2H3,(H,15,16)(H,11,13,17). The molecular formula is C10H14N4O3S. The normalized spacial score (nSPS) is 23.1. The minimum atomic E-state index is -0.871. The highest BCUT2D eigenvalue weighted by Gasteiger charge is 2.42. The summed E-state index contributed by atoms with van der Waals surface area (Å²) in [6.07, 6.45) is 0.463. The molecule has 98 valence electrons. The summed E-state index contributed by atoms with van der Waals surface area (Å²) in [5, 5.41) is 20.5. The molecule has 7 nitrogen and oxygen atoms in total. The highest BCUT2D eigenvalue weighted by Crippen LogP contribution is 2.30. The van der Waals surface area contributed by atoms with E-state index in [1.165, 1.54) is 16.2 Å². The first-order valence-electron chi connectivity index (χ1n) is 5.50. The summed E-state index contributed by atoms with van der Waals surface area (Å²) < 4.78 is 0. The van der Waals surface area contributed by atoms with E-state index in [2.05, 4.69) is 15.5 Å². The first-order chi connectivity index (χ1) is 8.40. The number of hydrogen-bond acceptors (Lipinski definition) is 5. The van der Waals surface area contributed by atoms with Gasteiger partial charge in [0.2, 0.25) is 5.13 Å². The van der Waals surface area contributed by atoms with Crippen LogP contribution in [0.3, 0.4) is 0 Å². The van der Waals surface area contributed by atoms with Gasteiger partial charge in [-0.1, -0.05) is 11.3 Å². The average Bonchev–Trinajstić information content (AvgIpc) is 2.86. The van der Waals surface area contributed by atoms with E-state index in [9.17, 15) is 9.59 Å². The van der Waals surface area contributed by atoms with Crippen molar-refractivity contribution < 1.29 is 14.7 Å². The third kappa shape index (κ3) is 2.42. The Balaban J connectivity index is 1.98. The van der Waals surface area contributed by atoms with Crippen LogP contribution in [0.2, 0.25) is 0 Å². The summed E-state index contributed by atoms with van der Waals surface area (Å²) in [6, 6.07) is -0.323. The number of aromatic nitrogens is 2. The third-order valence-electron chi connectivity index (χ3n) is 3.02. The molecule has 0 saturated carbocycles. The van der Waals surface area contributed by atoms with Gasteiger partial charge in [-0.05, 0) is 20.3 Å². The molecule has 1 saturated heterocycles. The van der Waals surface area contributed by atoms with Gasteiger partial charge in [-0.2, -0.15) is 0 Å². The van der Waals surface area contributed by atoms with Crippen molar-refractivity contribution in [2.24, 2.45) is 5.41 Å². The number of anilines is 1. The van der Waals surface area contributed by atoms with Crippen LogP contribution in [0.25, 0.3) is 0 Å². The van der Waals surface area contributed by atoms with Gasteiger partial charge in [-0.25, -0.2) is 4.79 Å². The van der Waals surface area contributed by atoms with E-state index in [1.54, 1.807) is 13.8 Å². The number of amides is 2. The Kier molecular flexibility index (Phi) is 3.20. The predicted octanol–water partition coefficient (Wildman–Crippen LogP) is 1.18. The molecule has 2 heterocycles. The Morgan fingerprint density at radius 1 is 1.50 bits per heavy atom. The van der Waals surface area contributed by atoms with Gasteiger partial charge in [-0.15, -0.1) is 10.2 Å². The van der Waals surface area contributed by atoms with E-state index in [1.807, 2.05) is 0 Å². The monoisotopic (exact) mass is 270 g/mol. The zero-order valence-corrected chi connectivity index (χ0v) is 11.0. The Bertz CT molecular complexity index is 489. The largest absolute Gasteiger partial charge is 0.481 e. The number of nitrogens with zero attached hydrogens (tertiary/aromatic N) is 3. The maximum Gasteiger partial charge on any atom is 0.323 e. The predicted molar refractivity (Wildman–Crippen MR) is 65.6 cm³/mol. The number of nitrogens with one attached hydrogen (secondary N) is 1. The lowest BCUT2D eigenvalue weighted by Gasteiger charge is -2.19. The molecule has 0 aromatic carbocycles. The molecule has 2 amide bonds. The fourth-order valence-electron chi connectivity index (χ4n) is 1.83. The van der Waals surface area contributed by atoms with Gasteiger partial charge in [-0.3, -0.25) is 10.1 Å². The number of likely N-dealkylation sites (tertiary alicyclic amines) is 1. The van der Waals surface area contributed by atoms with Crippen LogP contribution in [0.4, 0.5) is 9.93 Å². The number of carboxylic acids is 1. The molecule has 2 rings (SSSR count). The topological polar surface area (TPSA) is 95.4 Å². The highest BCUT2D eigenvalue weighted by atomic mass is 32.1. The summed E-state index contributed by atoms with van der Waals surface area (Å²) in [6.45, 7) is 4.10. The van der Waals surface area contributed by atoms with Gasteiger partial charge in [0.25, 0.3) is 0 Å². The van der Waals surface area contributed by atoms with Gasteiger partial charge in [0.15, 0.2) is 0 Å². The average molecular weight is 270 g/mol. The minimum Gasteiger partial charge on any atom is -0.481 e. The first kappa shape index (κ1) is 12.7. The van der Waals surface area contributed by atoms with Crippen LogP contribution in [0.1, 0.15) is 18.4 Å². The molecule has 18 heavy (non-hydrogen) atoms. The zero-order valence-electron chi connectivity index (χ0n) is 10.1. The molecule has 1 fully saturated rings. The SMILES string of the molecule is Cc1nnc(NC(=O)N2CCC(C)(C(=O)O)C2)s1. The number of rotatable bonds is 2. The van der Waals surface area contributed by atoms with Crippen LogP contribution in [-0.4, -0.2) is 45.3 Å². The fourth-order valence-corrected chi connectivity index (χ4v) is 2.41. The van der Waals surface area contributed by atoms with Gasteiger partial charge >= 0.3 is 12.0 Å². The number of urea groups is 1. The molecule has 1 aromatic rings. The molecule has 0 radical (unpaired) electrons. The van der Waals surface area contributed by atoms with Gasteiger partial charge in [0.1, 0.15) is 5.01 Å². The molecule has 1 atom stereocenters. The van der Waals surface area contributed by atoms with Crippen molar-refractivity contribution in [1.29, 1.82) is 0 Å². The number of aliphatic carboxylic acids is 1. The Morgan fingerprint density at radius 2 is 2.22 bits per heavy atom. The number of hydrogen-bond donors (Lipinski definition) is 2. The van der Waals surface area contributed by atoms with Crippen LogP contribution in [-0.2, 0) is 4.79 Å². The van der Waals surface area contributed by atoms with Crippen molar-refractivity contribution in [3.05, 3.63) is 5.01 Å². The van der Waals surface area contributed by atoms with E-state index >= 15 is 0 Å². The van der Waals surface area contributed by atoms with Crippen molar-refractivity contribution in [1.82, 2.24) is 15.1 Å². The van der Waals surface area contributed by atoms with Crippen molar-refractivity contribution in [2.45, 2.75) is 20.3 Å². The van der Waals surface area contributed by atoms with Gasteiger partial charge < -0.3 is 10.0 Å². The van der Waals surface area contributed by atoms with Crippen LogP contribution in [0.15, 0.2) is 0 Å². The summed E-state index contributed by atoms with van der Waals surface area (Å²) >= 11 is 1.28. The van der Waals surface area contributed by atoms with E-state index in [0.717, 1.165) is 5.01 Å². The van der Waals surface area contributed by atoms with Crippen molar-refractivity contribution >= 4 is 28.5 Å². The molecule has 1 aliphatic rings. The summed E-state index contributed by atoms with van der Waals surface area (Å²) in [4.78, 5) is 24.5. The molecule has 1 unspecified atom stereocenters. The quantitative estimate of drug-likeness (QED) is 0.841. The lowest BCUT2D eigenvalue weighted by atomic mass is 9.90. The third-order valence-corrected chi connectivity index (χ3v) is 3.77. The van der Waals surface area contributed by atoms with Gasteiger partial charge in [0.05, 0.1) is 5.41 Å². The maximum atomic E-state index is 11.9.